The third-order valence-corrected chi connectivity index (χ3v) is 5.85. The number of thiocarbonyl (C=S) groups is 1. The minimum atomic E-state index is -0.290. The lowest BCUT2D eigenvalue weighted by Crippen LogP contribution is -2.30. The van der Waals surface area contributed by atoms with Gasteiger partial charge in [-0.05, 0) is 66.8 Å². The summed E-state index contributed by atoms with van der Waals surface area (Å²) in [4.78, 5) is 10.7. The highest BCUT2D eigenvalue weighted by Crippen LogP contribution is 2.45. The van der Waals surface area contributed by atoms with E-state index in [4.69, 9.17) is 23.8 Å². The first-order valence-corrected chi connectivity index (χ1v) is 10.5. The van der Waals surface area contributed by atoms with Gasteiger partial charge >= 0.3 is 0 Å². The average molecular weight is 448 g/mol. The Balaban J connectivity index is 1.70. The van der Waals surface area contributed by atoms with Gasteiger partial charge in [-0.1, -0.05) is 17.7 Å². The number of phenols is 1. The number of pyridine rings is 2. The molecule has 1 saturated heterocycles. The number of anilines is 1. The molecule has 1 aromatic carbocycles. The van der Waals surface area contributed by atoms with Gasteiger partial charge in [-0.25, -0.2) is 0 Å². The zero-order valence-corrected chi connectivity index (χ0v) is 17.8. The number of aromatic nitrogens is 3. The molecular formula is C23H18ClN5OS. The number of phenolic OH excluding ortho intramolecular Hbond substituents is 1. The smallest absolute Gasteiger partial charge is 0.174 e. The van der Waals surface area contributed by atoms with E-state index in [9.17, 15) is 5.11 Å². The summed E-state index contributed by atoms with van der Waals surface area (Å²) in [7, 11) is 0. The fourth-order valence-electron chi connectivity index (χ4n) is 3.97. The molecule has 0 aliphatic carbocycles. The highest BCUT2D eigenvalue weighted by atomic mass is 35.5. The van der Waals surface area contributed by atoms with Crippen LogP contribution >= 0.6 is 23.8 Å². The van der Waals surface area contributed by atoms with E-state index in [0.29, 0.717) is 15.8 Å². The van der Waals surface area contributed by atoms with Gasteiger partial charge in [-0.2, -0.15) is 0 Å². The molecule has 2 atom stereocenters. The number of benzene rings is 1. The summed E-state index contributed by atoms with van der Waals surface area (Å²) in [6.07, 6.45) is 7.29. The molecular weight excluding hydrogens is 430 g/mol. The highest BCUT2D eigenvalue weighted by molar-refractivity contribution is 7.80. The molecule has 4 heterocycles. The van der Waals surface area contributed by atoms with Crippen molar-refractivity contribution in [3.05, 3.63) is 102 Å². The van der Waals surface area contributed by atoms with Crippen molar-refractivity contribution in [3.8, 4) is 11.4 Å². The predicted molar refractivity (Wildman–Crippen MR) is 125 cm³/mol. The SMILES string of the molecule is Oc1ccc(Cl)cc1N1C(=S)N[C@@H](c2ccccn2)[C@@H]1c1cccn1-c1cccnc1. The van der Waals surface area contributed by atoms with Crippen LogP contribution in [0.5, 0.6) is 5.75 Å². The number of nitrogens with zero attached hydrogens (tertiary/aromatic N) is 4. The van der Waals surface area contributed by atoms with E-state index in [2.05, 4.69) is 19.9 Å². The fraction of sp³-hybridized carbons (Fsp3) is 0.0870. The molecule has 6 nitrogen and oxygen atoms in total. The molecule has 2 N–H and O–H groups in total. The Labute approximate surface area is 189 Å². The van der Waals surface area contributed by atoms with E-state index in [-0.39, 0.29) is 17.8 Å². The molecule has 31 heavy (non-hydrogen) atoms. The maximum absolute atomic E-state index is 10.7. The van der Waals surface area contributed by atoms with Crippen molar-refractivity contribution in [2.45, 2.75) is 12.1 Å². The Morgan fingerprint density at radius 3 is 2.71 bits per heavy atom. The van der Waals surface area contributed by atoms with Crippen molar-refractivity contribution >= 4 is 34.6 Å². The number of nitrogens with one attached hydrogen (secondary N) is 1. The van der Waals surface area contributed by atoms with Crippen LogP contribution in [0.25, 0.3) is 5.69 Å². The first-order valence-electron chi connectivity index (χ1n) is 9.70. The van der Waals surface area contributed by atoms with Gasteiger partial charge in [0, 0.05) is 29.3 Å². The number of aromatic hydroxyl groups is 1. The van der Waals surface area contributed by atoms with Crippen LogP contribution in [-0.2, 0) is 0 Å². The second-order valence-corrected chi connectivity index (χ2v) is 7.97. The van der Waals surface area contributed by atoms with Gasteiger partial charge in [0.05, 0.1) is 29.3 Å². The normalized spacial score (nSPS) is 18.2. The topological polar surface area (TPSA) is 66.2 Å². The van der Waals surface area contributed by atoms with Crippen molar-refractivity contribution in [2.75, 3.05) is 4.90 Å². The van der Waals surface area contributed by atoms with E-state index in [0.717, 1.165) is 17.1 Å². The summed E-state index contributed by atoms with van der Waals surface area (Å²) in [5.41, 5.74) is 3.27. The number of hydrogen-bond donors (Lipinski definition) is 2. The van der Waals surface area contributed by atoms with Crippen molar-refractivity contribution < 1.29 is 5.11 Å². The van der Waals surface area contributed by atoms with Crippen LogP contribution in [0.2, 0.25) is 5.02 Å². The number of rotatable bonds is 4. The molecule has 8 heteroatoms. The van der Waals surface area contributed by atoms with Crippen LogP contribution in [0.15, 0.2) is 85.5 Å². The van der Waals surface area contributed by atoms with Gasteiger partial charge < -0.3 is 19.9 Å². The lowest BCUT2D eigenvalue weighted by Gasteiger charge is -2.29. The molecule has 1 aliphatic heterocycles. The summed E-state index contributed by atoms with van der Waals surface area (Å²) < 4.78 is 2.07. The Bertz CT molecular complexity index is 1230. The quantitative estimate of drug-likeness (QED) is 0.438. The molecule has 0 bridgehead atoms. The van der Waals surface area contributed by atoms with E-state index in [1.54, 1.807) is 36.8 Å². The van der Waals surface area contributed by atoms with Crippen molar-refractivity contribution in [1.29, 1.82) is 0 Å². The third-order valence-electron chi connectivity index (χ3n) is 5.30. The van der Waals surface area contributed by atoms with Crippen LogP contribution in [0.3, 0.4) is 0 Å². The van der Waals surface area contributed by atoms with Crippen LogP contribution in [0.1, 0.15) is 23.5 Å². The van der Waals surface area contributed by atoms with Gasteiger partial charge in [0.1, 0.15) is 11.8 Å². The van der Waals surface area contributed by atoms with Crippen LogP contribution in [0, 0.1) is 0 Å². The molecule has 0 saturated carbocycles. The zero-order chi connectivity index (χ0) is 21.4. The molecule has 1 aliphatic rings. The fourth-order valence-corrected chi connectivity index (χ4v) is 4.48. The minimum Gasteiger partial charge on any atom is -0.506 e. The van der Waals surface area contributed by atoms with Gasteiger partial charge in [-0.15, -0.1) is 0 Å². The maximum Gasteiger partial charge on any atom is 0.174 e. The van der Waals surface area contributed by atoms with Gasteiger partial charge in [0.15, 0.2) is 5.11 Å². The van der Waals surface area contributed by atoms with Gasteiger partial charge in [-0.3, -0.25) is 9.97 Å². The average Bonchev–Trinajstić information content (AvgIpc) is 3.41. The van der Waals surface area contributed by atoms with Crippen molar-refractivity contribution in [3.63, 3.8) is 0 Å². The molecule has 0 spiro atoms. The molecule has 0 radical (unpaired) electrons. The summed E-state index contributed by atoms with van der Waals surface area (Å²) in [5, 5.41) is 15.0. The molecule has 1 fully saturated rings. The maximum atomic E-state index is 10.7. The van der Waals surface area contributed by atoms with E-state index < -0.39 is 0 Å². The standard InChI is InChI=1S/C23H18ClN5OS/c24-15-8-9-20(30)19(13-15)29-22(21(27-23(29)31)17-6-1-2-11-26-17)18-7-4-12-28(18)16-5-3-10-25-14-16/h1-14,21-22,30H,(H,27,31)/t21-,22-/m0/s1. The zero-order valence-electron chi connectivity index (χ0n) is 16.3. The largest absolute Gasteiger partial charge is 0.506 e. The molecule has 5 rings (SSSR count). The lowest BCUT2D eigenvalue weighted by molar-refractivity contribution is 0.472. The molecule has 4 aromatic rings. The highest BCUT2D eigenvalue weighted by Gasteiger charge is 2.43. The molecule has 0 unspecified atom stereocenters. The molecule has 154 valence electrons. The van der Waals surface area contributed by atoms with Crippen molar-refractivity contribution in [1.82, 2.24) is 19.9 Å². The minimum absolute atomic E-state index is 0.0969. The summed E-state index contributed by atoms with van der Waals surface area (Å²) in [5.74, 6) is 0.0969. The third kappa shape index (κ3) is 3.52. The van der Waals surface area contributed by atoms with Crippen LogP contribution in [0.4, 0.5) is 5.69 Å². The summed E-state index contributed by atoms with van der Waals surface area (Å²) in [6, 6.07) is 18.1. The first-order chi connectivity index (χ1) is 15.1. The van der Waals surface area contributed by atoms with Gasteiger partial charge in [0.2, 0.25) is 0 Å². The van der Waals surface area contributed by atoms with E-state index >= 15 is 0 Å². The van der Waals surface area contributed by atoms with Crippen LogP contribution in [-0.4, -0.2) is 24.8 Å². The second kappa shape index (κ2) is 8.02. The Kier molecular flexibility index (Phi) is 5.05. The number of halogens is 1. The second-order valence-electron chi connectivity index (χ2n) is 7.14. The molecule has 0 amide bonds. The van der Waals surface area contributed by atoms with Crippen molar-refractivity contribution in [2.24, 2.45) is 0 Å². The monoisotopic (exact) mass is 447 g/mol. The Morgan fingerprint density at radius 2 is 1.94 bits per heavy atom. The first kappa shape index (κ1) is 19.5. The van der Waals surface area contributed by atoms with Gasteiger partial charge in [0.25, 0.3) is 0 Å². The molecule has 3 aromatic heterocycles. The van der Waals surface area contributed by atoms with Crippen LogP contribution < -0.4 is 10.2 Å². The Hall–Kier alpha value is -3.42. The van der Waals surface area contributed by atoms with E-state index in [1.165, 1.54) is 0 Å². The lowest BCUT2D eigenvalue weighted by atomic mass is 10.0. The number of hydrogen-bond acceptors (Lipinski definition) is 4. The summed E-state index contributed by atoms with van der Waals surface area (Å²) >= 11 is 12.0. The predicted octanol–water partition coefficient (Wildman–Crippen LogP) is 4.80. The van der Waals surface area contributed by atoms with E-state index in [1.807, 2.05) is 53.6 Å². The Morgan fingerprint density at radius 1 is 1.03 bits per heavy atom. The summed E-state index contributed by atoms with van der Waals surface area (Å²) in [6.45, 7) is 0.